The molecule has 1 saturated carbocycles. The summed E-state index contributed by atoms with van der Waals surface area (Å²) in [5.74, 6) is 0. The summed E-state index contributed by atoms with van der Waals surface area (Å²) < 4.78 is 11.6. The Morgan fingerprint density at radius 2 is 2.11 bits per heavy atom. The third kappa shape index (κ3) is 1.65. The molecule has 0 saturated heterocycles. The zero-order valence-electron chi connectivity index (χ0n) is 5.70. The van der Waals surface area contributed by atoms with Gasteiger partial charge in [0.25, 0.3) is 0 Å². The molecule has 1 fully saturated rings. The van der Waals surface area contributed by atoms with Crippen molar-refractivity contribution in [3.63, 3.8) is 0 Å². The summed E-state index contributed by atoms with van der Waals surface area (Å²) in [5.41, 5.74) is 5.86. The zero-order chi connectivity index (χ0) is 6.74. The monoisotopic (exact) mass is 131 g/mol. The number of halogens is 1. The average molecular weight is 131 g/mol. The smallest absolute Gasteiger partial charge is 0.0895 e. The summed E-state index contributed by atoms with van der Waals surface area (Å²) in [6, 6.07) is 0. The van der Waals surface area contributed by atoms with Crippen molar-refractivity contribution in [2.45, 2.75) is 37.6 Å². The second-order valence-corrected chi connectivity index (χ2v) is 3.01. The van der Waals surface area contributed by atoms with Gasteiger partial charge in [-0.2, -0.15) is 0 Å². The molecule has 0 aromatic heterocycles. The Kier molecular flexibility index (Phi) is 2.06. The lowest BCUT2D eigenvalue weighted by Crippen LogP contribution is -2.46. The molecule has 1 aliphatic rings. The van der Waals surface area contributed by atoms with Gasteiger partial charge in [-0.15, -0.1) is 0 Å². The van der Waals surface area contributed by atoms with E-state index in [2.05, 4.69) is 0 Å². The third-order valence-electron chi connectivity index (χ3n) is 2.16. The van der Waals surface area contributed by atoms with Crippen molar-refractivity contribution in [3.8, 4) is 0 Å². The van der Waals surface area contributed by atoms with Crippen LogP contribution in [0.2, 0.25) is 0 Å². The van der Waals surface area contributed by atoms with Gasteiger partial charge in [0.2, 0.25) is 0 Å². The van der Waals surface area contributed by atoms with Crippen LogP contribution in [-0.4, -0.2) is 12.2 Å². The molecule has 1 rings (SSSR count). The average Bonchev–Trinajstić information content (AvgIpc) is 1.79. The van der Waals surface area contributed by atoms with E-state index in [1.165, 1.54) is 6.42 Å². The van der Waals surface area contributed by atoms with Crippen LogP contribution >= 0.6 is 0 Å². The first-order valence-electron chi connectivity index (χ1n) is 3.62. The minimum absolute atomic E-state index is 0.0338. The van der Waals surface area contributed by atoms with Crippen molar-refractivity contribution in [2.75, 3.05) is 6.67 Å². The first-order chi connectivity index (χ1) is 4.27. The third-order valence-corrected chi connectivity index (χ3v) is 2.16. The quantitative estimate of drug-likeness (QED) is 0.618. The second kappa shape index (κ2) is 2.65. The van der Waals surface area contributed by atoms with Crippen LogP contribution in [0.5, 0.6) is 0 Å². The van der Waals surface area contributed by atoms with Crippen LogP contribution in [0.3, 0.4) is 0 Å². The maximum absolute atomic E-state index is 11.6. The summed E-state index contributed by atoms with van der Waals surface area (Å²) in [5, 5.41) is 0. The van der Waals surface area contributed by atoms with E-state index in [4.69, 9.17) is 5.73 Å². The molecule has 9 heavy (non-hydrogen) atoms. The summed E-state index contributed by atoms with van der Waals surface area (Å²) in [6.07, 6.45) is 4.97. The molecule has 54 valence electrons. The Morgan fingerprint density at radius 1 is 1.44 bits per heavy atom. The maximum Gasteiger partial charge on any atom is 0.0895 e. The predicted octanol–water partition coefficient (Wildman–Crippen LogP) is 1.62. The standard InChI is InChI=1S/C7H14FN/c8-6-2-5-7(9)3-1-4-7/h1-6,9H2. The predicted molar refractivity (Wildman–Crippen MR) is 36.0 cm³/mol. The van der Waals surface area contributed by atoms with Crippen LogP contribution in [0.15, 0.2) is 0 Å². The van der Waals surface area contributed by atoms with E-state index >= 15 is 0 Å². The molecule has 0 heterocycles. The Balaban J connectivity index is 2.09. The summed E-state index contributed by atoms with van der Waals surface area (Å²) in [4.78, 5) is 0. The molecule has 0 bridgehead atoms. The normalized spacial score (nSPS) is 23.3. The van der Waals surface area contributed by atoms with Gasteiger partial charge in [-0.3, -0.25) is 4.39 Å². The van der Waals surface area contributed by atoms with Gasteiger partial charge >= 0.3 is 0 Å². The van der Waals surface area contributed by atoms with Gasteiger partial charge in [-0.25, -0.2) is 0 Å². The van der Waals surface area contributed by atoms with E-state index in [1.807, 2.05) is 0 Å². The molecule has 0 radical (unpaired) electrons. The molecule has 1 nitrogen and oxygen atoms in total. The Morgan fingerprint density at radius 3 is 2.44 bits per heavy atom. The van der Waals surface area contributed by atoms with Crippen LogP contribution < -0.4 is 5.73 Å². The fourth-order valence-electron chi connectivity index (χ4n) is 1.30. The minimum Gasteiger partial charge on any atom is -0.325 e. The van der Waals surface area contributed by atoms with E-state index < -0.39 is 0 Å². The van der Waals surface area contributed by atoms with Gasteiger partial charge in [0, 0.05) is 5.54 Å². The van der Waals surface area contributed by atoms with Crippen molar-refractivity contribution in [3.05, 3.63) is 0 Å². The Bertz CT molecular complexity index is 88.9. The van der Waals surface area contributed by atoms with Crippen LogP contribution in [0.1, 0.15) is 32.1 Å². The van der Waals surface area contributed by atoms with Crippen molar-refractivity contribution >= 4 is 0 Å². The highest BCUT2D eigenvalue weighted by molar-refractivity contribution is 4.91. The lowest BCUT2D eigenvalue weighted by molar-refractivity contribution is 0.219. The molecule has 1 aliphatic carbocycles. The fourth-order valence-corrected chi connectivity index (χ4v) is 1.30. The van der Waals surface area contributed by atoms with E-state index in [0.717, 1.165) is 19.3 Å². The molecule has 0 aromatic carbocycles. The van der Waals surface area contributed by atoms with Crippen LogP contribution in [0, 0.1) is 0 Å². The molecular formula is C7H14FN. The second-order valence-electron chi connectivity index (χ2n) is 3.01. The molecule has 0 unspecified atom stereocenters. The Hall–Kier alpha value is -0.110. The lowest BCUT2D eigenvalue weighted by atomic mass is 9.75. The van der Waals surface area contributed by atoms with Crippen molar-refractivity contribution in [1.82, 2.24) is 0 Å². The van der Waals surface area contributed by atoms with Gasteiger partial charge in [0.05, 0.1) is 6.67 Å². The molecule has 0 atom stereocenters. The fraction of sp³-hybridized carbons (Fsp3) is 1.00. The van der Waals surface area contributed by atoms with E-state index in [-0.39, 0.29) is 12.2 Å². The number of rotatable bonds is 3. The van der Waals surface area contributed by atoms with Crippen LogP contribution in [0.25, 0.3) is 0 Å². The summed E-state index contributed by atoms with van der Waals surface area (Å²) in [6.45, 7) is -0.209. The van der Waals surface area contributed by atoms with Crippen molar-refractivity contribution in [2.24, 2.45) is 5.73 Å². The highest BCUT2D eigenvalue weighted by Gasteiger charge is 2.31. The van der Waals surface area contributed by atoms with E-state index in [1.54, 1.807) is 0 Å². The van der Waals surface area contributed by atoms with Gasteiger partial charge < -0.3 is 5.73 Å². The van der Waals surface area contributed by atoms with Gasteiger partial charge in [-0.05, 0) is 32.1 Å². The molecule has 0 aliphatic heterocycles. The molecule has 0 spiro atoms. The first-order valence-corrected chi connectivity index (χ1v) is 3.62. The molecule has 2 N–H and O–H groups in total. The molecule has 0 amide bonds. The zero-order valence-corrected chi connectivity index (χ0v) is 5.70. The largest absolute Gasteiger partial charge is 0.325 e. The molecule has 0 aromatic rings. The lowest BCUT2D eigenvalue weighted by Gasteiger charge is -2.37. The van der Waals surface area contributed by atoms with Crippen LogP contribution in [-0.2, 0) is 0 Å². The van der Waals surface area contributed by atoms with Crippen molar-refractivity contribution in [1.29, 1.82) is 0 Å². The highest BCUT2D eigenvalue weighted by Crippen LogP contribution is 2.32. The number of alkyl halides is 1. The number of hydrogen-bond donors (Lipinski definition) is 1. The number of nitrogens with two attached hydrogens (primary N) is 1. The summed E-state index contributed by atoms with van der Waals surface area (Å²) >= 11 is 0. The van der Waals surface area contributed by atoms with Gasteiger partial charge in [0.15, 0.2) is 0 Å². The van der Waals surface area contributed by atoms with Gasteiger partial charge in [0.1, 0.15) is 0 Å². The van der Waals surface area contributed by atoms with E-state index in [9.17, 15) is 4.39 Å². The topological polar surface area (TPSA) is 26.0 Å². The highest BCUT2D eigenvalue weighted by atomic mass is 19.1. The molecule has 2 heteroatoms. The summed E-state index contributed by atoms with van der Waals surface area (Å²) in [7, 11) is 0. The maximum atomic E-state index is 11.6. The number of hydrogen-bond acceptors (Lipinski definition) is 1. The van der Waals surface area contributed by atoms with Crippen molar-refractivity contribution < 1.29 is 4.39 Å². The van der Waals surface area contributed by atoms with Gasteiger partial charge in [-0.1, -0.05) is 0 Å². The van der Waals surface area contributed by atoms with Crippen LogP contribution in [0.4, 0.5) is 4.39 Å². The molecular weight excluding hydrogens is 117 g/mol. The van der Waals surface area contributed by atoms with E-state index in [0.29, 0.717) is 6.42 Å². The minimum atomic E-state index is -0.209. The Labute approximate surface area is 55.4 Å². The SMILES string of the molecule is NC1(CCCF)CCC1. The first kappa shape index (κ1) is 7.00.